The summed E-state index contributed by atoms with van der Waals surface area (Å²) in [5.41, 5.74) is 0. The van der Waals surface area contributed by atoms with Gasteiger partial charge in [0.15, 0.2) is 0 Å². The first kappa shape index (κ1) is 18.6. The van der Waals surface area contributed by atoms with Crippen molar-refractivity contribution in [3.8, 4) is 0 Å². The summed E-state index contributed by atoms with van der Waals surface area (Å²) in [6, 6.07) is 1.93. The first-order valence-corrected chi connectivity index (χ1v) is 9.55. The van der Waals surface area contributed by atoms with Gasteiger partial charge in [0.2, 0.25) is 10.0 Å². The van der Waals surface area contributed by atoms with Crippen molar-refractivity contribution in [1.82, 2.24) is 14.9 Å². The Morgan fingerprint density at radius 2 is 1.95 bits per heavy atom. The zero-order valence-electron chi connectivity index (χ0n) is 13.5. The minimum Gasteiger partial charge on any atom is -0.310 e. The third-order valence-corrected chi connectivity index (χ3v) is 5.75. The highest BCUT2D eigenvalue weighted by atomic mass is 32.2. The van der Waals surface area contributed by atoms with Crippen LogP contribution in [0.3, 0.4) is 0 Å². The number of nitrogens with zero attached hydrogens (tertiary/aromatic N) is 1. The van der Waals surface area contributed by atoms with E-state index in [1.54, 1.807) is 6.07 Å². The lowest BCUT2D eigenvalue weighted by Crippen LogP contribution is -2.35. The Morgan fingerprint density at radius 3 is 2.52 bits per heavy atom. The summed E-state index contributed by atoms with van der Waals surface area (Å²) in [7, 11) is 0.523. The van der Waals surface area contributed by atoms with E-state index in [9.17, 15) is 8.42 Å². The Kier molecular flexibility index (Phi) is 7.29. The van der Waals surface area contributed by atoms with Gasteiger partial charge in [-0.15, -0.1) is 11.3 Å². The van der Waals surface area contributed by atoms with E-state index in [1.807, 2.05) is 45.1 Å². The van der Waals surface area contributed by atoms with E-state index < -0.39 is 10.0 Å². The van der Waals surface area contributed by atoms with Gasteiger partial charge in [-0.05, 0) is 45.4 Å². The standard InChI is InChI=1S/C14H27N3O2S2/c1-11(2)15-10-13-14(7-9-20-13)21(18,19)16-12(3)6-8-17(4)5/h7,9,11-12,15-16H,6,8,10H2,1-5H3. The van der Waals surface area contributed by atoms with E-state index in [1.165, 1.54) is 11.3 Å². The maximum absolute atomic E-state index is 12.5. The normalized spacial score (nSPS) is 14.0. The molecular weight excluding hydrogens is 306 g/mol. The molecule has 1 atom stereocenters. The molecule has 0 amide bonds. The van der Waals surface area contributed by atoms with Crippen LogP contribution in [0.15, 0.2) is 16.3 Å². The summed E-state index contributed by atoms with van der Waals surface area (Å²) >= 11 is 1.47. The quantitative estimate of drug-likeness (QED) is 0.724. The van der Waals surface area contributed by atoms with Crippen LogP contribution in [0.2, 0.25) is 0 Å². The monoisotopic (exact) mass is 333 g/mol. The van der Waals surface area contributed by atoms with Crippen molar-refractivity contribution in [2.45, 2.75) is 50.7 Å². The highest BCUT2D eigenvalue weighted by Crippen LogP contribution is 2.22. The summed E-state index contributed by atoms with van der Waals surface area (Å²) in [6.07, 6.45) is 0.788. The van der Waals surface area contributed by atoms with Gasteiger partial charge in [0.25, 0.3) is 0 Å². The van der Waals surface area contributed by atoms with Crippen LogP contribution in [0.1, 0.15) is 32.1 Å². The van der Waals surface area contributed by atoms with Crippen LogP contribution in [-0.2, 0) is 16.6 Å². The molecule has 122 valence electrons. The number of rotatable bonds is 9. The van der Waals surface area contributed by atoms with Gasteiger partial charge in [0.05, 0.1) is 4.90 Å². The second kappa shape index (κ2) is 8.24. The fourth-order valence-corrected chi connectivity index (χ4v) is 4.51. The predicted molar refractivity (Wildman–Crippen MR) is 89.2 cm³/mol. The average molecular weight is 334 g/mol. The minimum atomic E-state index is -3.44. The largest absolute Gasteiger partial charge is 0.310 e. The molecule has 1 unspecified atom stereocenters. The van der Waals surface area contributed by atoms with Gasteiger partial charge in [-0.3, -0.25) is 0 Å². The summed E-state index contributed by atoms with van der Waals surface area (Å²) in [4.78, 5) is 3.31. The molecule has 0 saturated carbocycles. The molecule has 0 saturated heterocycles. The lowest BCUT2D eigenvalue weighted by atomic mass is 10.2. The third-order valence-electron chi connectivity index (χ3n) is 3.03. The molecule has 5 nitrogen and oxygen atoms in total. The Balaban J connectivity index is 2.72. The van der Waals surface area contributed by atoms with Crippen LogP contribution in [0.4, 0.5) is 0 Å². The number of sulfonamides is 1. The minimum absolute atomic E-state index is 0.0804. The van der Waals surface area contributed by atoms with Crippen molar-refractivity contribution >= 4 is 21.4 Å². The van der Waals surface area contributed by atoms with Gasteiger partial charge in [-0.25, -0.2) is 13.1 Å². The van der Waals surface area contributed by atoms with E-state index in [4.69, 9.17) is 0 Å². The van der Waals surface area contributed by atoms with Crippen LogP contribution >= 0.6 is 11.3 Å². The molecule has 0 aromatic carbocycles. The van der Waals surface area contributed by atoms with E-state index in [0.717, 1.165) is 17.8 Å². The van der Waals surface area contributed by atoms with Gasteiger partial charge in [0.1, 0.15) is 0 Å². The highest BCUT2D eigenvalue weighted by molar-refractivity contribution is 7.89. The smallest absolute Gasteiger partial charge is 0.241 e. The lowest BCUT2D eigenvalue weighted by molar-refractivity contribution is 0.379. The molecule has 1 heterocycles. The van der Waals surface area contributed by atoms with Crippen molar-refractivity contribution in [1.29, 1.82) is 0 Å². The SMILES string of the molecule is CC(C)NCc1sccc1S(=O)(=O)NC(C)CCN(C)C. The zero-order chi connectivity index (χ0) is 16.0. The van der Waals surface area contributed by atoms with Gasteiger partial charge >= 0.3 is 0 Å². The average Bonchev–Trinajstić information content (AvgIpc) is 2.82. The molecule has 0 spiro atoms. The molecule has 0 aliphatic rings. The fourth-order valence-electron chi connectivity index (χ4n) is 1.83. The van der Waals surface area contributed by atoms with E-state index >= 15 is 0 Å². The van der Waals surface area contributed by atoms with E-state index in [-0.39, 0.29) is 6.04 Å². The van der Waals surface area contributed by atoms with Crippen LogP contribution in [0.5, 0.6) is 0 Å². The summed E-state index contributed by atoms with van der Waals surface area (Å²) in [5.74, 6) is 0. The highest BCUT2D eigenvalue weighted by Gasteiger charge is 2.21. The summed E-state index contributed by atoms with van der Waals surface area (Å²) < 4.78 is 27.7. The number of nitrogens with one attached hydrogen (secondary N) is 2. The van der Waals surface area contributed by atoms with Crippen LogP contribution in [-0.4, -0.2) is 46.0 Å². The fraction of sp³-hybridized carbons (Fsp3) is 0.714. The van der Waals surface area contributed by atoms with Gasteiger partial charge < -0.3 is 10.2 Å². The Labute approximate surface area is 132 Å². The maximum atomic E-state index is 12.5. The van der Waals surface area contributed by atoms with Crippen molar-refractivity contribution in [2.24, 2.45) is 0 Å². The Bertz CT molecular complexity index is 524. The molecule has 1 aromatic heterocycles. The number of thiophene rings is 1. The molecule has 0 radical (unpaired) electrons. The van der Waals surface area contributed by atoms with Gasteiger partial charge in [-0.2, -0.15) is 0 Å². The van der Waals surface area contributed by atoms with Crippen molar-refractivity contribution in [2.75, 3.05) is 20.6 Å². The number of hydrogen-bond acceptors (Lipinski definition) is 5. The van der Waals surface area contributed by atoms with Gasteiger partial charge in [0, 0.05) is 23.5 Å². The topological polar surface area (TPSA) is 61.4 Å². The zero-order valence-corrected chi connectivity index (χ0v) is 15.1. The molecule has 7 heteroatoms. The molecule has 0 fully saturated rings. The Morgan fingerprint density at radius 1 is 1.29 bits per heavy atom. The van der Waals surface area contributed by atoms with Crippen LogP contribution in [0.25, 0.3) is 0 Å². The second-order valence-corrected chi connectivity index (χ2v) is 8.54. The molecule has 1 rings (SSSR count). The molecule has 2 N–H and O–H groups in total. The first-order valence-electron chi connectivity index (χ1n) is 7.19. The van der Waals surface area contributed by atoms with Crippen molar-refractivity contribution in [3.63, 3.8) is 0 Å². The molecule has 0 bridgehead atoms. The maximum Gasteiger partial charge on any atom is 0.241 e. The second-order valence-electron chi connectivity index (χ2n) is 5.86. The predicted octanol–water partition coefficient (Wildman–Crippen LogP) is 1.86. The number of hydrogen-bond donors (Lipinski definition) is 2. The first-order chi connectivity index (χ1) is 9.72. The van der Waals surface area contributed by atoms with Crippen molar-refractivity contribution in [3.05, 3.63) is 16.3 Å². The third kappa shape index (κ3) is 6.44. The van der Waals surface area contributed by atoms with Crippen LogP contribution < -0.4 is 10.0 Å². The summed E-state index contributed by atoms with van der Waals surface area (Å²) in [6.45, 7) is 7.43. The molecular formula is C14H27N3O2S2. The van der Waals surface area contributed by atoms with E-state index in [0.29, 0.717) is 17.5 Å². The van der Waals surface area contributed by atoms with Crippen molar-refractivity contribution < 1.29 is 8.42 Å². The molecule has 0 aliphatic heterocycles. The Hall–Kier alpha value is -0.470. The van der Waals surface area contributed by atoms with Crippen LogP contribution in [0, 0.1) is 0 Å². The molecule has 0 aliphatic carbocycles. The van der Waals surface area contributed by atoms with E-state index in [2.05, 4.69) is 10.0 Å². The molecule has 1 aromatic rings. The summed E-state index contributed by atoms with van der Waals surface area (Å²) in [5, 5.41) is 5.10. The van der Waals surface area contributed by atoms with Gasteiger partial charge in [-0.1, -0.05) is 13.8 Å². The molecule has 21 heavy (non-hydrogen) atoms. The lowest BCUT2D eigenvalue weighted by Gasteiger charge is -2.17.